The van der Waals surface area contributed by atoms with E-state index in [0.29, 0.717) is 16.9 Å². The van der Waals surface area contributed by atoms with E-state index in [9.17, 15) is 9.59 Å². The van der Waals surface area contributed by atoms with Crippen molar-refractivity contribution in [2.45, 2.75) is 6.42 Å². The highest BCUT2D eigenvalue weighted by Crippen LogP contribution is 2.16. The Balaban J connectivity index is 1.53. The largest absolute Gasteiger partial charge is 0.457 e. The predicted molar refractivity (Wildman–Crippen MR) is 121 cm³/mol. The third-order valence-electron chi connectivity index (χ3n) is 4.47. The predicted octanol–water partition coefficient (Wildman–Crippen LogP) is 4.80. The molecule has 6 heteroatoms. The number of ketones is 1. The second-order valence-electron chi connectivity index (χ2n) is 6.71. The zero-order chi connectivity index (χ0) is 22.8. The molecule has 3 aromatic rings. The van der Waals surface area contributed by atoms with Gasteiger partial charge in [0, 0.05) is 24.3 Å². The number of ether oxygens (including phenoxy) is 2. The first-order chi connectivity index (χ1) is 15.6. The van der Waals surface area contributed by atoms with Crippen molar-refractivity contribution in [1.29, 1.82) is 5.26 Å². The van der Waals surface area contributed by atoms with Crippen LogP contribution in [0, 0.1) is 11.3 Å². The third-order valence-corrected chi connectivity index (χ3v) is 4.47. The first kappa shape index (κ1) is 22.2. The lowest BCUT2D eigenvalue weighted by Gasteiger charge is -2.07. The number of Topliss-reactive ketones (excluding diaryl/α,β-unsaturated/α-hetero) is 1. The monoisotopic (exact) mass is 424 g/mol. The number of aliphatic imine (C=N–C) groups is 1. The Labute approximate surface area is 186 Å². The standard InChI is InChI=1S/C26H20N2O4/c1-2-26(30)32-18-31-24-13-9-22(10-14-24)25(29)15-19-3-5-21(6-4-19)17-28-23-11-7-20(16-27)8-12-23/h2-14,17H,1,15,18H2. The van der Waals surface area contributed by atoms with Gasteiger partial charge in [0.15, 0.2) is 5.78 Å². The molecular formula is C26H20N2O4. The molecule has 0 aliphatic carbocycles. The lowest BCUT2D eigenvalue weighted by Crippen LogP contribution is -2.08. The molecule has 0 aliphatic rings. The molecule has 0 saturated carbocycles. The van der Waals surface area contributed by atoms with E-state index < -0.39 is 5.97 Å². The van der Waals surface area contributed by atoms with Gasteiger partial charge in [-0.25, -0.2) is 4.79 Å². The van der Waals surface area contributed by atoms with Crippen LogP contribution in [0.2, 0.25) is 0 Å². The fourth-order valence-corrected chi connectivity index (χ4v) is 2.73. The summed E-state index contributed by atoms with van der Waals surface area (Å²) < 4.78 is 10.0. The van der Waals surface area contributed by atoms with Gasteiger partial charge in [0.25, 0.3) is 0 Å². The van der Waals surface area contributed by atoms with Gasteiger partial charge in [-0.3, -0.25) is 9.79 Å². The van der Waals surface area contributed by atoms with Crippen molar-refractivity contribution in [2.24, 2.45) is 4.99 Å². The van der Waals surface area contributed by atoms with E-state index >= 15 is 0 Å². The molecule has 32 heavy (non-hydrogen) atoms. The molecule has 0 spiro atoms. The molecule has 0 atom stereocenters. The van der Waals surface area contributed by atoms with Crippen LogP contribution < -0.4 is 4.74 Å². The second kappa shape index (κ2) is 11.0. The van der Waals surface area contributed by atoms with Gasteiger partial charge in [-0.2, -0.15) is 5.26 Å². The van der Waals surface area contributed by atoms with Crippen LogP contribution in [0.5, 0.6) is 5.75 Å². The van der Waals surface area contributed by atoms with Gasteiger partial charge in [0.05, 0.1) is 17.3 Å². The Morgan fingerprint density at radius 3 is 2.28 bits per heavy atom. The van der Waals surface area contributed by atoms with Crippen LogP contribution in [-0.4, -0.2) is 24.8 Å². The van der Waals surface area contributed by atoms with E-state index in [2.05, 4.69) is 17.6 Å². The van der Waals surface area contributed by atoms with Gasteiger partial charge in [-0.1, -0.05) is 30.8 Å². The van der Waals surface area contributed by atoms with Gasteiger partial charge < -0.3 is 9.47 Å². The minimum absolute atomic E-state index is 0.0198. The van der Waals surface area contributed by atoms with E-state index in [1.54, 1.807) is 54.7 Å². The fourth-order valence-electron chi connectivity index (χ4n) is 2.73. The van der Waals surface area contributed by atoms with Crippen molar-refractivity contribution in [2.75, 3.05) is 6.79 Å². The fraction of sp³-hybridized carbons (Fsp3) is 0.0769. The number of carbonyl (C=O) groups excluding carboxylic acids is 2. The summed E-state index contributed by atoms with van der Waals surface area (Å²) in [7, 11) is 0. The topological polar surface area (TPSA) is 88.8 Å². The van der Waals surface area contributed by atoms with Crippen molar-refractivity contribution < 1.29 is 19.1 Å². The molecule has 6 nitrogen and oxygen atoms in total. The van der Waals surface area contributed by atoms with Crippen molar-refractivity contribution in [3.63, 3.8) is 0 Å². The summed E-state index contributed by atoms with van der Waals surface area (Å²) in [6.07, 6.45) is 3.06. The van der Waals surface area contributed by atoms with E-state index in [1.165, 1.54) is 0 Å². The molecule has 0 aliphatic heterocycles. The number of benzene rings is 3. The quantitative estimate of drug-likeness (QED) is 0.162. The zero-order valence-corrected chi connectivity index (χ0v) is 17.2. The van der Waals surface area contributed by atoms with Crippen LogP contribution >= 0.6 is 0 Å². The minimum atomic E-state index is -0.566. The molecule has 0 amide bonds. The summed E-state index contributed by atoms with van der Waals surface area (Å²) in [5.74, 6) is -0.0960. The summed E-state index contributed by atoms with van der Waals surface area (Å²) in [6, 6.07) is 23.3. The third kappa shape index (κ3) is 6.51. The molecular weight excluding hydrogens is 404 g/mol. The van der Waals surface area contributed by atoms with Crippen molar-refractivity contribution in [3.8, 4) is 11.8 Å². The van der Waals surface area contributed by atoms with Crippen molar-refractivity contribution in [3.05, 3.63) is 108 Å². The molecule has 0 unspecified atom stereocenters. The summed E-state index contributed by atoms with van der Waals surface area (Å²) in [4.78, 5) is 27.9. The Kier molecular flexibility index (Phi) is 7.66. The van der Waals surface area contributed by atoms with Crippen LogP contribution in [0.4, 0.5) is 5.69 Å². The average Bonchev–Trinajstić information content (AvgIpc) is 2.84. The van der Waals surface area contributed by atoms with E-state index in [1.807, 2.05) is 24.3 Å². The zero-order valence-electron chi connectivity index (χ0n) is 17.2. The second-order valence-corrected chi connectivity index (χ2v) is 6.71. The number of hydrogen-bond donors (Lipinski definition) is 0. The van der Waals surface area contributed by atoms with Gasteiger partial charge >= 0.3 is 5.97 Å². The number of nitrogens with zero attached hydrogens (tertiary/aromatic N) is 2. The first-order valence-corrected chi connectivity index (χ1v) is 9.76. The first-order valence-electron chi connectivity index (χ1n) is 9.76. The van der Waals surface area contributed by atoms with Crippen LogP contribution in [0.1, 0.15) is 27.0 Å². The Morgan fingerprint density at radius 2 is 1.66 bits per heavy atom. The molecule has 3 aromatic carbocycles. The van der Waals surface area contributed by atoms with Crippen LogP contribution in [0.15, 0.2) is 90.4 Å². The molecule has 3 rings (SSSR count). The Morgan fingerprint density at radius 1 is 0.969 bits per heavy atom. The SMILES string of the molecule is C=CC(=O)OCOc1ccc(C(=O)Cc2ccc(C=Nc3ccc(C#N)cc3)cc2)cc1. The van der Waals surface area contributed by atoms with Gasteiger partial charge in [-0.15, -0.1) is 0 Å². The Hall–Kier alpha value is -4.50. The lowest BCUT2D eigenvalue weighted by atomic mass is 10.0. The average molecular weight is 424 g/mol. The highest BCUT2D eigenvalue weighted by atomic mass is 16.7. The molecule has 0 saturated heterocycles. The molecule has 0 bridgehead atoms. The molecule has 0 heterocycles. The highest BCUT2D eigenvalue weighted by Gasteiger charge is 2.08. The number of nitriles is 1. The van der Waals surface area contributed by atoms with Crippen LogP contribution in [0.3, 0.4) is 0 Å². The summed E-state index contributed by atoms with van der Waals surface area (Å²) in [5, 5.41) is 8.83. The lowest BCUT2D eigenvalue weighted by molar-refractivity contribution is -0.144. The summed E-state index contributed by atoms with van der Waals surface area (Å²) in [5.41, 5.74) is 3.71. The van der Waals surface area contributed by atoms with Gasteiger partial charge in [0.2, 0.25) is 6.79 Å². The number of rotatable bonds is 9. The Bertz CT molecular complexity index is 1160. The molecule has 0 fully saturated rings. The molecule has 0 aromatic heterocycles. The molecule has 0 N–H and O–H groups in total. The molecule has 0 radical (unpaired) electrons. The van der Waals surface area contributed by atoms with Crippen molar-refractivity contribution in [1.82, 2.24) is 0 Å². The number of hydrogen-bond acceptors (Lipinski definition) is 6. The van der Waals surface area contributed by atoms with Crippen LogP contribution in [0.25, 0.3) is 0 Å². The maximum Gasteiger partial charge on any atom is 0.333 e. The van der Waals surface area contributed by atoms with E-state index in [-0.39, 0.29) is 19.0 Å². The van der Waals surface area contributed by atoms with Crippen molar-refractivity contribution >= 4 is 23.7 Å². The highest BCUT2D eigenvalue weighted by molar-refractivity contribution is 5.97. The molecule has 158 valence electrons. The van der Waals surface area contributed by atoms with E-state index in [4.69, 9.17) is 14.7 Å². The summed E-state index contributed by atoms with van der Waals surface area (Å²) in [6.45, 7) is 3.08. The minimum Gasteiger partial charge on any atom is -0.457 e. The van der Waals surface area contributed by atoms with Gasteiger partial charge in [-0.05, 0) is 59.7 Å². The number of esters is 1. The van der Waals surface area contributed by atoms with E-state index in [0.717, 1.165) is 22.9 Å². The summed E-state index contributed by atoms with van der Waals surface area (Å²) >= 11 is 0. The maximum atomic E-state index is 12.5. The van der Waals surface area contributed by atoms with Crippen LogP contribution in [-0.2, 0) is 16.0 Å². The smallest absolute Gasteiger partial charge is 0.333 e. The normalized spacial score (nSPS) is 10.3. The maximum absolute atomic E-state index is 12.5. The number of carbonyl (C=O) groups is 2. The van der Waals surface area contributed by atoms with Gasteiger partial charge in [0.1, 0.15) is 5.75 Å².